The molecule has 0 radical (unpaired) electrons. The SMILES string of the molecule is O=c1c2ncn([C@@H]3O[C@H](CO)[C@H](O)C3O)c2nc2n1C(O)(c1ccccc1)C(O)N2. The number of aliphatic hydroxyl groups excluding tert-OH is 4. The lowest BCUT2D eigenvalue weighted by atomic mass is 10.0. The highest BCUT2D eigenvalue weighted by Crippen LogP contribution is 2.36. The van der Waals surface area contributed by atoms with Crippen molar-refractivity contribution in [2.45, 2.75) is 36.5 Å². The van der Waals surface area contributed by atoms with Crippen LogP contribution in [-0.2, 0) is 10.5 Å². The quantitative estimate of drug-likeness (QED) is 0.270. The Morgan fingerprint density at radius 3 is 2.57 bits per heavy atom. The number of hydrogen-bond donors (Lipinski definition) is 6. The molecule has 3 unspecified atom stereocenters. The lowest BCUT2D eigenvalue weighted by Gasteiger charge is -2.27. The predicted molar refractivity (Wildman–Crippen MR) is 100 cm³/mol. The van der Waals surface area contributed by atoms with E-state index < -0.39 is 48.7 Å². The highest BCUT2D eigenvalue weighted by atomic mass is 16.6. The minimum atomic E-state index is -2.11. The van der Waals surface area contributed by atoms with Gasteiger partial charge in [-0.25, -0.2) is 9.55 Å². The van der Waals surface area contributed by atoms with Gasteiger partial charge in [0.2, 0.25) is 11.7 Å². The smallest absolute Gasteiger partial charge is 0.285 e. The zero-order chi connectivity index (χ0) is 21.2. The molecule has 6 atom stereocenters. The van der Waals surface area contributed by atoms with Gasteiger partial charge in [0.15, 0.2) is 23.6 Å². The van der Waals surface area contributed by atoms with Gasteiger partial charge in [0.25, 0.3) is 5.56 Å². The number of fused-ring (bicyclic) bond motifs is 2. The second kappa shape index (κ2) is 6.57. The van der Waals surface area contributed by atoms with Gasteiger partial charge in [-0.05, 0) is 0 Å². The van der Waals surface area contributed by atoms with E-state index in [0.29, 0.717) is 0 Å². The van der Waals surface area contributed by atoms with Gasteiger partial charge in [-0.1, -0.05) is 30.3 Å². The molecule has 12 heteroatoms. The number of hydrogen-bond acceptors (Lipinski definition) is 10. The summed E-state index contributed by atoms with van der Waals surface area (Å²) >= 11 is 0. The highest BCUT2D eigenvalue weighted by molar-refractivity contribution is 5.72. The third kappa shape index (κ3) is 2.40. The molecule has 30 heavy (non-hydrogen) atoms. The molecule has 0 amide bonds. The van der Waals surface area contributed by atoms with Gasteiger partial charge in [0.1, 0.15) is 18.3 Å². The maximum atomic E-state index is 13.2. The summed E-state index contributed by atoms with van der Waals surface area (Å²) in [6.45, 7) is -0.509. The molecule has 0 saturated carbocycles. The van der Waals surface area contributed by atoms with Crippen LogP contribution in [0.5, 0.6) is 0 Å². The number of aromatic nitrogens is 4. The van der Waals surface area contributed by atoms with E-state index >= 15 is 0 Å². The van der Waals surface area contributed by atoms with Crippen molar-refractivity contribution in [2.75, 3.05) is 11.9 Å². The van der Waals surface area contributed by atoms with Crippen molar-refractivity contribution >= 4 is 17.1 Å². The maximum absolute atomic E-state index is 13.2. The van der Waals surface area contributed by atoms with Crippen molar-refractivity contribution < 1.29 is 30.3 Å². The average Bonchev–Trinajstić information content (AvgIpc) is 3.37. The fraction of sp³-hybridized carbons (Fsp3) is 0.389. The molecular weight excluding hydrogens is 398 g/mol. The molecule has 4 heterocycles. The van der Waals surface area contributed by atoms with Crippen LogP contribution in [0.4, 0.5) is 5.95 Å². The van der Waals surface area contributed by atoms with E-state index in [9.17, 15) is 30.3 Å². The Morgan fingerprint density at radius 1 is 1.17 bits per heavy atom. The summed E-state index contributed by atoms with van der Waals surface area (Å²) in [4.78, 5) is 21.5. The van der Waals surface area contributed by atoms with Crippen molar-refractivity contribution in [3.63, 3.8) is 0 Å². The number of rotatable bonds is 3. The summed E-state index contributed by atoms with van der Waals surface area (Å²) in [7, 11) is 0. The van der Waals surface area contributed by atoms with E-state index in [1.807, 2.05) is 0 Å². The zero-order valence-corrected chi connectivity index (χ0v) is 15.4. The number of benzene rings is 1. The van der Waals surface area contributed by atoms with E-state index in [0.717, 1.165) is 4.57 Å². The van der Waals surface area contributed by atoms with Crippen LogP contribution in [0, 0.1) is 0 Å². The fourth-order valence-electron chi connectivity index (χ4n) is 3.99. The molecule has 2 aliphatic heterocycles. The second-order valence-electron chi connectivity index (χ2n) is 7.27. The zero-order valence-electron chi connectivity index (χ0n) is 15.4. The molecule has 0 spiro atoms. The van der Waals surface area contributed by atoms with Crippen LogP contribution in [0.25, 0.3) is 11.2 Å². The van der Waals surface area contributed by atoms with Gasteiger partial charge in [-0.2, -0.15) is 4.98 Å². The molecule has 0 bridgehead atoms. The largest absolute Gasteiger partial charge is 0.394 e. The topological polar surface area (TPSA) is 175 Å². The van der Waals surface area contributed by atoms with Gasteiger partial charge >= 0.3 is 0 Å². The molecule has 1 fully saturated rings. The van der Waals surface area contributed by atoms with E-state index in [4.69, 9.17) is 4.74 Å². The number of anilines is 1. The molecule has 1 saturated heterocycles. The lowest BCUT2D eigenvalue weighted by Crippen LogP contribution is -2.47. The molecule has 158 valence electrons. The van der Waals surface area contributed by atoms with Crippen LogP contribution in [-0.4, -0.2) is 75.8 Å². The molecule has 2 aromatic heterocycles. The average molecular weight is 417 g/mol. The van der Waals surface area contributed by atoms with Crippen molar-refractivity contribution in [1.82, 2.24) is 19.1 Å². The first-order chi connectivity index (χ1) is 14.4. The maximum Gasteiger partial charge on any atom is 0.285 e. The van der Waals surface area contributed by atoms with E-state index in [2.05, 4.69) is 15.3 Å². The van der Waals surface area contributed by atoms with Crippen LogP contribution in [0.1, 0.15) is 11.8 Å². The molecule has 5 rings (SSSR count). The molecule has 2 aliphatic rings. The first kappa shape index (κ1) is 19.1. The molecule has 3 aromatic rings. The van der Waals surface area contributed by atoms with Gasteiger partial charge in [0.05, 0.1) is 12.9 Å². The Kier molecular flexibility index (Phi) is 4.18. The van der Waals surface area contributed by atoms with Crippen LogP contribution in [0.15, 0.2) is 41.5 Å². The molecule has 0 aliphatic carbocycles. The summed E-state index contributed by atoms with van der Waals surface area (Å²) in [6.07, 6.45) is -5.23. The van der Waals surface area contributed by atoms with Crippen LogP contribution >= 0.6 is 0 Å². The van der Waals surface area contributed by atoms with Crippen molar-refractivity contribution in [2.24, 2.45) is 0 Å². The van der Waals surface area contributed by atoms with Crippen molar-refractivity contribution in [1.29, 1.82) is 0 Å². The van der Waals surface area contributed by atoms with Crippen molar-refractivity contribution in [3.05, 3.63) is 52.6 Å². The first-order valence-corrected chi connectivity index (χ1v) is 9.23. The van der Waals surface area contributed by atoms with E-state index in [-0.39, 0.29) is 22.7 Å². The second-order valence-corrected chi connectivity index (χ2v) is 7.27. The number of ether oxygens (including phenoxy) is 1. The van der Waals surface area contributed by atoms with Gasteiger partial charge in [-0.3, -0.25) is 9.36 Å². The summed E-state index contributed by atoms with van der Waals surface area (Å²) in [6, 6.07) is 8.18. The van der Waals surface area contributed by atoms with Gasteiger partial charge < -0.3 is 35.6 Å². The summed E-state index contributed by atoms with van der Waals surface area (Å²) in [5, 5.41) is 53.9. The number of nitrogens with zero attached hydrogens (tertiary/aromatic N) is 4. The van der Waals surface area contributed by atoms with E-state index in [1.165, 1.54) is 10.9 Å². The summed E-state index contributed by atoms with van der Waals surface area (Å²) in [5.74, 6) is -0.111. The minimum Gasteiger partial charge on any atom is -0.394 e. The third-order valence-electron chi connectivity index (χ3n) is 5.57. The number of aliphatic hydroxyl groups is 5. The standard InChI is InChI=1S/C18H19N5O7/c24-6-9-11(25)12(26)15(30-9)22-7-19-10-13(22)20-17-21-16(28)18(29,23(17)14(10)27)8-4-2-1-3-5-8/h1-5,7,9,11-12,15-16,24-26,28-29H,6H2,(H,20,21)/t9-,11+,12?,15-,16?,18?/m1/s1. The summed E-state index contributed by atoms with van der Waals surface area (Å²) in [5.41, 5.74) is -2.69. The third-order valence-corrected chi connectivity index (χ3v) is 5.57. The Morgan fingerprint density at radius 2 is 1.90 bits per heavy atom. The predicted octanol–water partition coefficient (Wildman–Crippen LogP) is -2.36. The van der Waals surface area contributed by atoms with Crippen molar-refractivity contribution in [3.8, 4) is 0 Å². The Balaban J connectivity index is 1.67. The first-order valence-electron chi connectivity index (χ1n) is 9.23. The molecular formula is C18H19N5O7. The normalized spacial score (nSPS) is 33.0. The Labute approximate surface area is 168 Å². The Bertz CT molecular complexity index is 1160. The fourth-order valence-corrected chi connectivity index (χ4v) is 3.99. The molecule has 6 N–H and O–H groups in total. The summed E-state index contributed by atoms with van der Waals surface area (Å²) < 4.78 is 7.66. The molecule has 1 aromatic carbocycles. The number of imidazole rings is 1. The van der Waals surface area contributed by atoms with E-state index in [1.54, 1.807) is 30.3 Å². The van der Waals surface area contributed by atoms with Crippen LogP contribution < -0.4 is 10.9 Å². The van der Waals surface area contributed by atoms with Gasteiger partial charge in [0, 0.05) is 5.56 Å². The van der Waals surface area contributed by atoms with Crippen LogP contribution in [0.2, 0.25) is 0 Å². The lowest BCUT2D eigenvalue weighted by molar-refractivity contribution is -0.0756. The number of nitrogens with one attached hydrogen (secondary N) is 1. The van der Waals surface area contributed by atoms with Gasteiger partial charge in [-0.15, -0.1) is 0 Å². The highest BCUT2D eigenvalue weighted by Gasteiger charge is 2.49. The minimum absolute atomic E-state index is 0.0121. The van der Waals surface area contributed by atoms with Crippen LogP contribution in [0.3, 0.4) is 0 Å². The Hall–Kier alpha value is -2.87. The monoisotopic (exact) mass is 417 g/mol. The molecule has 12 nitrogen and oxygen atoms in total.